The topological polar surface area (TPSA) is 0 Å². The van der Waals surface area contributed by atoms with Gasteiger partial charge in [0.25, 0.3) is 0 Å². The minimum atomic E-state index is 0.687. The van der Waals surface area contributed by atoms with Crippen LogP contribution >= 0.6 is 0 Å². The van der Waals surface area contributed by atoms with Gasteiger partial charge in [-0.1, -0.05) is 25.5 Å². The fourth-order valence-electron chi connectivity index (χ4n) is 5.11. The fraction of sp³-hybridized carbons (Fsp3) is 0.867. The van der Waals surface area contributed by atoms with Crippen LogP contribution in [-0.4, -0.2) is 0 Å². The second-order valence-corrected chi connectivity index (χ2v) is 6.72. The molecule has 4 saturated carbocycles. The zero-order valence-electron chi connectivity index (χ0n) is 10.6. The highest BCUT2D eigenvalue weighted by Gasteiger charge is 2.80. The zero-order chi connectivity index (χ0) is 10.8. The van der Waals surface area contributed by atoms with Crippen molar-refractivity contribution in [2.45, 2.75) is 53.4 Å². The van der Waals surface area contributed by atoms with Gasteiger partial charge in [0.05, 0.1) is 0 Å². The van der Waals surface area contributed by atoms with Crippen molar-refractivity contribution >= 4 is 0 Å². The van der Waals surface area contributed by atoms with Crippen LogP contribution in [-0.2, 0) is 0 Å². The van der Waals surface area contributed by atoms with E-state index >= 15 is 0 Å². The molecule has 4 bridgehead atoms. The summed E-state index contributed by atoms with van der Waals surface area (Å²) in [6, 6.07) is 0. The van der Waals surface area contributed by atoms with Gasteiger partial charge in [-0.25, -0.2) is 0 Å². The Hall–Kier alpha value is -0.260. The lowest BCUT2D eigenvalue weighted by Gasteiger charge is -2.34. The van der Waals surface area contributed by atoms with E-state index in [9.17, 15) is 0 Å². The molecule has 5 atom stereocenters. The average Bonchev–Trinajstić information content (AvgIpc) is 2.61. The Bertz CT molecular complexity index is 313. The van der Waals surface area contributed by atoms with E-state index < -0.39 is 0 Å². The molecule has 0 heteroatoms. The third-order valence-corrected chi connectivity index (χ3v) is 6.66. The lowest BCUT2D eigenvalue weighted by Crippen LogP contribution is -2.27. The lowest BCUT2D eigenvalue weighted by molar-refractivity contribution is 0.153. The van der Waals surface area contributed by atoms with Crippen LogP contribution in [0.2, 0.25) is 0 Å². The van der Waals surface area contributed by atoms with Crippen LogP contribution in [0, 0.1) is 28.6 Å². The molecule has 0 aromatic rings. The van der Waals surface area contributed by atoms with E-state index in [0.717, 1.165) is 23.2 Å². The average molecular weight is 204 g/mol. The van der Waals surface area contributed by atoms with E-state index in [-0.39, 0.29) is 0 Å². The van der Waals surface area contributed by atoms with E-state index in [2.05, 4.69) is 33.8 Å². The van der Waals surface area contributed by atoms with E-state index in [1.54, 1.807) is 18.4 Å². The van der Waals surface area contributed by atoms with Crippen LogP contribution in [0.15, 0.2) is 11.6 Å². The first-order valence-electron chi connectivity index (χ1n) is 6.66. The molecule has 0 nitrogen and oxygen atoms in total. The molecule has 4 fully saturated rings. The molecule has 0 aromatic carbocycles. The predicted molar refractivity (Wildman–Crippen MR) is 64.6 cm³/mol. The molecule has 2 unspecified atom stereocenters. The van der Waals surface area contributed by atoms with Gasteiger partial charge in [-0.3, -0.25) is 0 Å². The molecule has 4 aliphatic rings. The molecule has 0 amide bonds. The fourth-order valence-corrected chi connectivity index (χ4v) is 5.11. The van der Waals surface area contributed by atoms with Crippen LogP contribution in [0.25, 0.3) is 0 Å². The molecule has 0 spiro atoms. The summed E-state index contributed by atoms with van der Waals surface area (Å²) in [6.45, 7) is 9.64. The van der Waals surface area contributed by atoms with Crippen LogP contribution in [0.3, 0.4) is 0 Å². The minimum Gasteiger partial charge on any atom is -0.0887 e. The van der Waals surface area contributed by atoms with Crippen molar-refractivity contribution in [2.24, 2.45) is 28.6 Å². The molecule has 4 rings (SSSR count). The van der Waals surface area contributed by atoms with Gasteiger partial charge >= 0.3 is 0 Å². The number of hydrogen-bond donors (Lipinski definition) is 0. The van der Waals surface area contributed by atoms with Crippen molar-refractivity contribution in [3.05, 3.63) is 11.6 Å². The quantitative estimate of drug-likeness (QED) is 0.597. The summed E-state index contributed by atoms with van der Waals surface area (Å²) in [5.41, 5.74) is 3.03. The predicted octanol–water partition coefficient (Wildman–Crippen LogP) is 4.42. The lowest BCUT2D eigenvalue weighted by atomic mass is 9.70. The molecule has 0 N–H and O–H groups in total. The Kier molecular flexibility index (Phi) is 1.79. The van der Waals surface area contributed by atoms with E-state index in [4.69, 9.17) is 0 Å². The molecule has 0 saturated heterocycles. The summed E-state index contributed by atoms with van der Waals surface area (Å²) in [7, 11) is 0. The number of hydrogen-bond acceptors (Lipinski definition) is 0. The van der Waals surface area contributed by atoms with Crippen LogP contribution in [0.1, 0.15) is 53.4 Å². The Morgan fingerprint density at radius 2 is 1.87 bits per heavy atom. The monoisotopic (exact) mass is 204 g/mol. The van der Waals surface area contributed by atoms with Crippen molar-refractivity contribution in [1.82, 2.24) is 0 Å². The normalized spacial score (nSPS) is 56.3. The molecule has 0 aliphatic heterocycles. The SMILES string of the molecule is C/C=C(\C)CC[C@@]1(C)C2C[C@@H]3[C@H](C2)C31C. The Morgan fingerprint density at radius 1 is 1.27 bits per heavy atom. The summed E-state index contributed by atoms with van der Waals surface area (Å²) in [6.07, 6.45) is 8.18. The van der Waals surface area contributed by atoms with E-state index in [0.29, 0.717) is 5.41 Å². The van der Waals surface area contributed by atoms with Gasteiger partial charge in [-0.15, -0.1) is 0 Å². The van der Waals surface area contributed by atoms with Crippen LogP contribution in [0.4, 0.5) is 0 Å². The highest BCUT2D eigenvalue weighted by atomic mass is 14.8. The van der Waals surface area contributed by atoms with Gasteiger partial charge in [-0.05, 0) is 68.1 Å². The van der Waals surface area contributed by atoms with Crippen molar-refractivity contribution in [1.29, 1.82) is 0 Å². The summed E-state index contributed by atoms with van der Waals surface area (Å²) in [5.74, 6) is 3.32. The van der Waals surface area contributed by atoms with Crippen molar-refractivity contribution in [3.8, 4) is 0 Å². The third-order valence-electron chi connectivity index (χ3n) is 6.66. The number of allylic oxidation sites excluding steroid dienone is 2. The third kappa shape index (κ3) is 0.946. The Balaban J connectivity index is 1.76. The zero-order valence-corrected chi connectivity index (χ0v) is 10.6. The first kappa shape index (κ1) is 9.93. The standard InChI is InChI=1S/C15H24/c1-5-10(2)6-7-14(3)11-8-12-13(9-11)15(12,14)4/h5,11-13H,6-9H2,1-4H3/b10-5+/t11?,12-,13+,14-,15?/m0/s1. The molecule has 4 aliphatic carbocycles. The largest absolute Gasteiger partial charge is 0.0887 e. The number of rotatable bonds is 3. The Labute approximate surface area is 94.1 Å². The summed E-state index contributed by atoms with van der Waals surface area (Å²) in [4.78, 5) is 0. The highest BCUT2D eigenvalue weighted by molar-refractivity contribution is 5.29. The van der Waals surface area contributed by atoms with Crippen molar-refractivity contribution in [3.63, 3.8) is 0 Å². The maximum atomic E-state index is 2.59. The minimum absolute atomic E-state index is 0.687. The molecule has 0 heterocycles. The van der Waals surface area contributed by atoms with Gasteiger partial charge in [-0.2, -0.15) is 0 Å². The van der Waals surface area contributed by atoms with E-state index in [1.807, 2.05) is 0 Å². The summed E-state index contributed by atoms with van der Waals surface area (Å²) in [5, 5.41) is 0. The maximum absolute atomic E-state index is 2.59. The molecule has 0 aromatic heterocycles. The highest BCUT2D eigenvalue weighted by Crippen LogP contribution is 2.87. The van der Waals surface area contributed by atoms with E-state index in [1.165, 1.54) is 12.8 Å². The first-order chi connectivity index (χ1) is 7.04. The Morgan fingerprint density at radius 3 is 2.27 bits per heavy atom. The van der Waals surface area contributed by atoms with Gasteiger partial charge in [0.1, 0.15) is 0 Å². The molecular formula is C15H24. The molecule has 84 valence electrons. The van der Waals surface area contributed by atoms with Gasteiger partial charge in [0, 0.05) is 0 Å². The maximum Gasteiger partial charge on any atom is -0.0207 e. The molecular weight excluding hydrogens is 180 g/mol. The summed E-state index contributed by atoms with van der Waals surface area (Å²) < 4.78 is 0. The summed E-state index contributed by atoms with van der Waals surface area (Å²) >= 11 is 0. The van der Waals surface area contributed by atoms with Gasteiger partial charge in [0.2, 0.25) is 0 Å². The van der Waals surface area contributed by atoms with Crippen LogP contribution < -0.4 is 0 Å². The van der Waals surface area contributed by atoms with Crippen LogP contribution in [0.5, 0.6) is 0 Å². The van der Waals surface area contributed by atoms with Gasteiger partial charge < -0.3 is 0 Å². The smallest absolute Gasteiger partial charge is 0.0207 e. The second-order valence-electron chi connectivity index (χ2n) is 6.72. The van der Waals surface area contributed by atoms with Gasteiger partial charge in [0.15, 0.2) is 0 Å². The van der Waals surface area contributed by atoms with Crippen molar-refractivity contribution in [2.75, 3.05) is 0 Å². The van der Waals surface area contributed by atoms with Crippen molar-refractivity contribution < 1.29 is 0 Å². The first-order valence-corrected chi connectivity index (χ1v) is 6.66. The second kappa shape index (κ2) is 2.70. The molecule has 0 radical (unpaired) electrons. The molecule has 15 heavy (non-hydrogen) atoms.